The van der Waals surface area contributed by atoms with Crippen LogP contribution in [0.25, 0.3) is 11.3 Å². The summed E-state index contributed by atoms with van der Waals surface area (Å²) in [6.07, 6.45) is 2.78. The topological polar surface area (TPSA) is 59.8 Å². The minimum atomic E-state index is -0.0230. The third kappa shape index (κ3) is 5.15. The zero-order valence-corrected chi connectivity index (χ0v) is 18.8. The number of aryl methyl sites for hydroxylation is 1. The van der Waals surface area contributed by atoms with Crippen LogP contribution in [0.1, 0.15) is 16.9 Å². The molecule has 0 N–H and O–H groups in total. The van der Waals surface area contributed by atoms with Crippen LogP contribution in [-0.2, 0) is 11.8 Å². The van der Waals surface area contributed by atoms with Gasteiger partial charge in [-0.2, -0.15) is 0 Å². The van der Waals surface area contributed by atoms with E-state index in [1.54, 1.807) is 7.11 Å². The summed E-state index contributed by atoms with van der Waals surface area (Å²) in [5.41, 5.74) is 2.52. The Morgan fingerprint density at radius 2 is 2.00 bits per heavy atom. The molecule has 7 nitrogen and oxygen atoms in total. The molecular formula is C23H28N4O3S. The Bertz CT molecular complexity index is 992. The predicted molar refractivity (Wildman–Crippen MR) is 123 cm³/mol. The maximum absolute atomic E-state index is 13.4. The van der Waals surface area contributed by atoms with Crippen molar-refractivity contribution < 1.29 is 14.3 Å². The number of morpholine rings is 1. The molecule has 0 bridgehead atoms. The molecule has 1 amide bonds. The van der Waals surface area contributed by atoms with Gasteiger partial charge in [-0.05, 0) is 42.8 Å². The van der Waals surface area contributed by atoms with Gasteiger partial charge in [0, 0.05) is 50.4 Å². The fourth-order valence-corrected chi connectivity index (χ4v) is 4.52. The Hall–Kier alpha value is -2.68. The molecule has 31 heavy (non-hydrogen) atoms. The maximum atomic E-state index is 13.4. The van der Waals surface area contributed by atoms with Crippen molar-refractivity contribution in [3.05, 3.63) is 53.7 Å². The van der Waals surface area contributed by atoms with E-state index in [9.17, 15) is 4.79 Å². The quantitative estimate of drug-likeness (QED) is 0.536. The summed E-state index contributed by atoms with van der Waals surface area (Å²) < 4.78 is 12.5. The number of methoxy groups -OCH3 is 1. The Labute approximate surface area is 186 Å². The molecule has 4 rings (SSSR count). The number of aromatic nitrogens is 2. The number of carbonyl (C=O) groups excluding carboxylic acids is 1. The molecular weight excluding hydrogens is 412 g/mol. The zero-order valence-electron chi connectivity index (χ0n) is 18.0. The minimum absolute atomic E-state index is 0.0230. The molecule has 0 spiro atoms. The smallest absolute Gasteiger partial charge is 0.276 e. The van der Waals surface area contributed by atoms with Crippen LogP contribution in [0.5, 0.6) is 5.75 Å². The predicted octanol–water partition coefficient (Wildman–Crippen LogP) is 3.53. The molecule has 0 radical (unpaired) electrons. The van der Waals surface area contributed by atoms with E-state index in [0.717, 1.165) is 61.4 Å². The van der Waals surface area contributed by atoms with E-state index in [2.05, 4.69) is 4.90 Å². The van der Waals surface area contributed by atoms with E-state index >= 15 is 0 Å². The van der Waals surface area contributed by atoms with Crippen LogP contribution in [0.15, 0.2) is 48.0 Å². The number of hydrogen-bond donors (Lipinski definition) is 0. The van der Waals surface area contributed by atoms with E-state index in [1.807, 2.05) is 64.5 Å². The molecule has 1 aromatic carbocycles. The normalized spacial score (nSPS) is 14.5. The van der Waals surface area contributed by atoms with E-state index in [4.69, 9.17) is 14.5 Å². The fraction of sp³-hybridized carbons (Fsp3) is 0.391. The van der Waals surface area contributed by atoms with Crippen molar-refractivity contribution in [1.29, 1.82) is 0 Å². The average Bonchev–Trinajstić information content (AvgIpc) is 3.46. The van der Waals surface area contributed by atoms with Crippen LogP contribution in [0.4, 0.5) is 5.13 Å². The number of carbonyl (C=O) groups is 1. The van der Waals surface area contributed by atoms with E-state index in [0.29, 0.717) is 12.2 Å². The molecule has 2 aromatic heterocycles. The van der Waals surface area contributed by atoms with Crippen molar-refractivity contribution in [3.63, 3.8) is 0 Å². The number of rotatable bonds is 8. The largest absolute Gasteiger partial charge is 0.497 e. The van der Waals surface area contributed by atoms with Gasteiger partial charge in [-0.15, -0.1) is 11.3 Å². The van der Waals surface area contributed by atoms with Gasteiger partial charge >= 0.3 is 0 Å². The lowest BCUT2D eigenvalue weighted by Crippen LogP contribution is -2.39. The highest BCUT2D eigenvalue weighted by Gasteiger charge is 2.23. The van der Waals surface area contributed by atoms with Crippen LogP contribution in [0.3, 0.4) is 0 Å². The molecule has 1 aliphatic heterocycles. The first-order chi connectivity index (χ1) is 15.2. The Morgan fingerprint density at radius 3 is 2.68 bits per heavy atom. The first-order valence-corrected chi connectivity index (χ1v) is 11.4. The second-order valence-corrected chi connectivity index (χ2v) is 8.35. The first kappa shape index (κ1) is 21.5. The van der Waals surface area contributed by atoms with Crippen LogP contribution < -0.4 is 9.64 Å². The van der Waals surface area contributed by atoms with Crippen molar-refractivity contribution in [2.45, 2.75) is 6.42 Å². The van der Waals surface area contributed by atoms with Crippen LogP contribution in [0, 0.1) is 0 Å². The number of thiazole rings is 1. The number of nitrogens with zero attached hydrogens (tertiary/aromatic N) is 4. The monoisotopic (exact) mass is 440 g/mol. The second-order valence-electron chi connectivity index (χ2n) is 7.51. The van der Waals surface area contributed by atoms with Gasteiger partial charge in [-0.25, -0.2) is 4.98 Å². The maximum Gasteiger partial charge on any atom is 0.276 e. The van der Waals surface area contributed by atoms with Crippen molar-refractivity contribution in [1.82, 2.24) is 14.5 Å². The third-order valence-electron chi connectivity index (χ3n) is 5.48. The molecule has 1 saturated heterocycles. The Kier molecular flexibility index (Phi) is 7.01. The van der Waals surface area contributed by atoms with Crippen LogP contribution >= 0.6 is 11.3 Å². The van der Waals surface area contributed by atoms with Crippen molar-refractivity contribution in [2.75, 3.05) is 51.4 Å². The molecule has 0 aliphatic carbocycles. The first-order valence-electron chi connectivity index (χ1n) is 10.5. The summed E-state index contributed by atoms with van der Waals surface area (Å²) in [6, 6.07) is 11.6. The standard InChI is InChI=1S/C23H28N4O3S/c1-25-10-3-5-21(25)22(28)27(12-4-11-26-13-15-30-16-14-26)23-24-20(17-31-23)18-6-8-19(29-2)9-7-18/h3,5-10,17H,4,11-16H2,1-2H3. The number of anilines is 1. The van der Waals surface area contributed by atoms with Gasteiger partial charge in [0.25, 0.3) is 5.91 Å². The van der Waals surface area contributed by atoms with Crippen molar-refractivity contribution in [3.8, 4) is 17.0 Å². The van der Waals surface area contributed by atoms with E-state index in [-0.39, 0.29) is 5.91 Å². The SMILES string of the molecule is COc1ccc(-c2csc(N(CCCN3CCOCC3)C(=O)c3cccn3C)n2)cc1. The number of amides is 1. The second kappa shape index (κ2) is 10.1. The summed E-state index contributed by atoms with van der Waals surface area (Å²) in [5, 5.41) is 2.73. The van der Waals surface area contributed by atoms with Gasteiger partial charge in [0.1, 0.15) is 11.4 Å². The lowest BCUT2D eigenvalue weighted by atomic mass is 10.2. The molecule has 0 saturated carbocycles. The van der Waals surface area contributed by atoms with E-state index in [1.165, 1.54) is 11.3 Å². The highest BCUT2D eigenvalue weighted by atomic mass is 32.1. The summed E-state index contributed by atoms with van der Waals surface area (Å²) in [7, 11) is 3.55. The summed E-state index contributed by atoms with van der Waals surface area (Å²) in [5.74, 6) is 0.785. The van der Waals surface area contributed by atoms with Gasteiger partial charge < -0.3 is 14.0 Å². The summed E-state index contributed by atoms with van der Waals surface area (Å²) in [6.45, 7) is 5.02. The number of hydrogen-bond acceptors (Lipinski definition) is 6. The lowest BCUT2D eigenvalue weighted by molar-refractivity contribution is 0.0376. The molecule has 8 heteroatoms. The van der Waals surface area contributed by atoms with Gasteiger partial charge in [0.05, 0.1) is 26.0 Å². The van der Waals surface area contributed by atoms with Crippen molar-refractivity contribution >= 4 is 22.4 Å². The van der Waals surface area contributed by atoms with Crippen LogP contribution in [0.2, 0.25) is 0 Å². The molecule has 3 heterocycles. The number of benzene rings is 1. The van der Waals surface area contributed by atoms with Gasteiger partial charge in [-0.3, -0.25) is 14.6 Å². The fourth-order valence-electron chi connectivity index (χ4n) is 3.67. The molecule has 0 atom stereocenters. The average molecular weight is 441 g/mol. The van der Waals surface area contributed by atoms with Crippen LogP contribution in [-0.4, -0.2) is 66.9 Å². The highest BCUT2D eigenvalue weighted by molar-refractivity contribution is 7.14. The molecule has 1 fully saturated rings. The summed E-state index contributed by atoms with van der Waals surface area (Å²) >= 11 is 1.50. The summed E-state index contributed by atoms with van der Waals surface area (Å²) in [4.78, 5) is 22.4. The Morgan fingerprint density at radius 1 is 1.23 bits per heavy atom. The molecule has 1 aliphatic rings. The third-order valence-corrected chi connectivity index (χ3v) is 6.34. The van der Waals surface area contributed by atoms with Gasteiger partial charge in [0.2, 0.25) is 0 Å². The molecule has 164 valence electrons. The van der Waals surface area contributed by atoms with Gasteiger partial charge in [0.15, 0.2) is 5.13 Å². The molecule has 0 unspecified atom stereocenters. The van der Waals surface area contributed by atoms with Gasteiger partial charge in [-0.1, -0.05) is 0 Å². The highest BCUT2D eigenvalue weighted by Crippen LogP contribution is 2.29. The number of ether oxygens (including phenoxy) is 2. The minimum Gasteiger partial charge on any atom is -0.497 e. The van der Waals surface area contributed by atoms with Crippen molar-refractivity contribution in [2.24, 2.45) is 7.05 Å². The zero-order chi connectivity index (χ0) is 21.6. The van der Waals surface area contributed by atoms with E-state index < -0.39 is 0 Å². The lowest BCUT2D eigenvalue weighted by Gasteiger charge is -2.27. The Balaban J connectivity index is 1.52. The molecule has 3 aromatic rings.